The lowest BCUT2D eigenvalue weighted by molar-refractivity contribution is -0.119. The summed E-state index contributed by atoms with van der Waals surface area (Å²) in [5.41, 5.74) is 0.358. The van der Waals surface area contributed by atoms with Crippen molar-refractivity contribution in [1.29, 1.82) is 0 Å². The smallest absolute Gasteiger partial charge is 0.304 e. The Morgan fingerprint density at radius 1 is 1.00 bits per heavy atom. The van der Waals surface area contributed by atoms with E-state index in [1.165, 1.54) is 53.6 Å². The number of nitrogens with one attached hydrogen (secondary N) is 1. The Bertz CT molecular complexity index is 1030. The van der Waals surface area contributed by atoms with Gasteiger partial charge in [-0.15, -0.1) is 0 Å². The SMILES string of the molecule is COc1ccc(CNC(=O)CN(c2ccccc2F)S(=O)(=O)N(C)C)c(OC)c1OC. The van der Waals surface area contributed by atoms with Crippen LogP contribution in [-0.2, 0) is 21.5 Å². The maximum Gasteiger partial charge on any atom is 0.304 e. The summed E-state index contributed by atoms with van der Waals surface area (Å²) in [4.78, 5) is 12.6. The summed E-state index contributed by atoms with van der Waals surface area (Å²) in [5, 5.41) is 2.63. The molecule has 2 aromatic carbocycles. The molecule has 0 unspecified atom stereocenters. The highest BCUT2D eigenvalue weighted by Crippen LogP contribution is 2.39. The van der Waals surface area contributed by atoms with Gasteiger partial charge in [0.2, 0.25) is 11.7 Å². The number of rotatable bonds is 10. The Balaban J connectivity index is 2.26. The molecule has 0 atom stereocenters. The van der Waals surface area contributed by atoms with E-state index in [0.717, 1.165) is 10.4 Å². The summed E-state index contributed by atoms with van der Waals surface area (Å²) >= 11 is 0. The van der Waals surface area contributed by atoms with Gasteiger partial charge in [0.1, 0.15) is 12.4 Å². The molecule has 1 amide bonds. The fraction of sp³-hybridized carbons (Fsp3) is 0.350. The van der Waals surface area contributed by atoms with E-state index in [9.17, 15) is 17.6 Å². The average Bonchev–Trinajstić information content (AvgIpc) is 2.75. The Morgan fingerprint density at radius 3 is 2.19 bits per heavy atom. The number of benzene rings is 2. The van der Waals surface area contributed by atoms with Crippen LogP contribution < -0.4 is 23.8 Å². The lowest BCUT2D eigenvalue weighted by Gasteiger charge is -2.27. The van der Waals surface area contributed by atoms with E-state index in [-0.39, 0.29) is 12.2 Å². The van der Waals surface area contributed by atoms with Gasteiger partial charge in [0, 0.05) is 26.2 Å². The van der Waals surface area contributed by atoms with Crippen LogP contribution in [0.5, 0.6) is 17.2 Å². The largest absolute Gasteiger partial charge is 0.493 e. The number of para-hydroxylation sites is 1. The summed E-state index contributed by atoms with van der Waals surface area (Å²) in [6.45, 7) is -0.591. The minimum absolute atomic E-state index is 0.0233. The van der Waals surface area contributed by atoms with Crippen LogP contribution in [0.4, 0.5) is 10.1 Å². The second-order valence-electron chi connectivity index (χ2n) is 6.52. The molecule has 11 heteroatoms. The second-order valence-corrected chi connectivity index (χ2v) is 8.59. The molecule has 0 radical (unpaired) electrons. The highest BCUT2D eigenvalue weighted by molar-refractivity contribution is 7.90. The van der Waals surface area contributed by atoms with E-state index in [2.05, 4.69) is 5.32 Å². The van der Waals surface area contributed by atoms with Gasteiger partial charge in [-0.3, -0.25) is 4.79 Å². The Kier molecular flexibility index (Phi) is 8.06. The zero-order valence-electron chi connectivity index (χ0n) is 18.0. The van der Waals surface area contributed by atoms with Crippen LogP contribution in [0.2, 0.25) is 0 Å². The molecule has 0 aromatic heterocycles. The van der Waals surface area contributed by atoms with Gasteiger partial charge in [-0.1, -0.05) is 12.1 Å². The van der Waals surface area contributed by atoms with Crippen molar-refractivity contribution < 1.29 is 31.8 Å². The van der Waals surface area contributed by atoms with Crippen LogP contribution in [0.15, 0.2) is 36.4 Å². The molecule has 0 saturated heterocycles. The fourth-order valence-corrected chi connectivity index (χ4v) is 3.90. The maximum atomic E-state index is 14.3. The molecule has 1 N–H and O–H groups in total. The number of nitrogens with zero attached hydrogens (tertiary/aromatic N) is 2. The van der Waals surface area contributed by atoms with Crippen LogP contribution in [0.25, 0.3) is 0 Å². The van der Waals surface area contributed by atoms with E-state index in [4.69, 9.17) is 14.2 Å². The Morgan fingerprint density at radius 2 is 1.65 bits per heavy atom. The van der Waals surface area contributed by atoms with Crippen molar-refractivity contribution in [2.45, 2.75) is 6.54 Å². The maximum absolute atomic E-state index is 14.3. The quantitative estimate of drug-likeness (QED) is 0.587. The number of halogens is 1. The van der Waals surface area contributed by atoms with Gasteiger partial charge in [0.15, 0.2) is 11.5 Å². The summed E-state index contributed by atoms with van der Waals surface area (Å²) in [5.74, 6) is -0.209. The van der Waals surface area contributed by atoms with Crippen molar-refractivity contribution in [1.82, 2.24) is 9.62 Å². The second kappa shape index (κ2) is 10.3. The number of anilines is 1. The normalized spacial score (nSPS) is 11.2. The number of methoxy groups -OCH3 is 3. The average molecular weight is 456 g/mol. The minimum Gasteiger partial charge on any atom is -0.493 e. The zero-order valence-corrected chi connectivity index (χ0v) is 18.8. The van der Waals surface area contributed by atoms with Gasteiger partial charge in [0.05, 0.1) is 27.0 Å². The van der Waals surface area contributed by atoms with Crippen molar-refractivity contribution in [3.8, 4) is 17.2 Å². The van der Waals surface area contributed by atoms with Crippen molar-refractivity contribution in [2.75, 3.05) is 46.3 Å². The molecular weight excluding hydrogens is 429 g/mol. The fourth-order valence-electron chi connectivity index (χ4n) is 2.82. The molecule has 170 valence electrons. The number of amides is 1. The first-order chi connectivity index (χ1) is 14.7. The molecular formula is C20H26FN3O6S. The Hall–Kier alpha value is -3.05. The van der Waals surface area contributed by atoms with Crippen molar-refractivity contribution in [3.05, 3.63) is 47.8 Å². The number of hydrogen-bond acceptors (Lipinski definition) is 6. The predicted octanol–water partition coefficient (Wildman–Crippen LogP) is 1.78. The summed E-state index contributed by atoms with van der Waals surface area (Å²) < 4.78 is 57.2. The van der Waals surface area contributed by atoms with Gasteiger partial charge >= 0.3 is 10.2 Å². The van der Waals surface area contributed by atoms with Gasteiger partial charge in [-0.2, -0.15) is 12.7 Å². The first-order valence-corrected chi connectivity index (χ1v) is 10.6. The van der Waals surface area contributed by atoms with Crippen LogP contribution >= 0.6 is 0 Å². The van der Waals surface area contributed by atoms with E-state index in [1.54, 1.807) is 12.1 Å². The van der Waals surface area contributed by atoms with Crippen LogP contribution in [0, 0.1) is 5.82 Å². The monoisotopic (exact) mass is 455 g/mol. The van der Waals surface area contributed by atoms with Crippen molar-refractivity contribution >= 4 is 21.8 Å². The standard InChI is InChI=1S/C20H26FN3O6S/c1-23(2)31(26,27)24(16-9-7-6-8-15(16)21)13-18(25)22-12-14-10-11-17(28-3)20(30-5)19(14)29-4/h6-11H,12-13H2,1-5H3,(H,22,25). The molecule has 0 aliphatic heterocycles. The molecule has 2 aromatic rings. The molecule has 0 spiro atoms. The number of ether oxygens (including phenoxy) is 3. The molecule has 0 aliphatic rings. The van der Waals surface area contributed by atoms with E-state index in [0.29, 0.717) is 27.1 Å². The van der Waals surface area contributed by atoms with E-state index < -0.39 is 28.5 Å². The van der Waals surface area contributed by atoms with E-state index in [1.807, 2.05) is 0 Å². The first kappa shape index (κ1) is 24.2. The highest BCUT2D eigenvalue weighted by atomic mass is 32.2. The lowest BCUT2D eigenvalue weighted by atomic mass is 10.1. The predicted molar refractivity (Wildman–Crippen MR) is 114 cm³/mol. The third-order valence-corrected chi connectivity index (χ3v) is 6.22. The molecule has 0 fully saturated rings. The lowest BCUT2D eigenvalue weighted by Crippen LogP contribution is -2.46. The zero-order chi connectivity index (χ0) is 23.2. The molecule has 9 nitrogen and oxygen atoms in total. The van der Waals surface area contributed by atoms with Crippen molar-refractivity contribution in [2.24, 2.45) is 0 Å². The van der Waals surface area contributed by atoms with Crippen LogP contribution in [0.1, 0.15) is 5.56 Å². The molecule has 0 heterocycles. The summed E-state index contributed by atoms with van der Waals surface area (Å²) in [6.07, 6.45) is 0. The molecule has 31 heavy (non-hydrogen) atoms. The third kappa shape index (κ3) is 5.36. The molecule has 0 aliphatic carbocycles. The summed E-state index contributed by atoms with van der Waals surface area (Å²) in [7, 11) is 2.88. The number of hydrogen-bond donors (Lipinski definition) is 1. The van der Waals surface area contributed by atoms with Gasteiger partial charge in [-0.05, 0) is 24.3 Å². The minimum atomic E-state index is -4.12. The first-order valence-electron chi connectivity index (χ1n) is 9.16. The molecule has 0 bridgehead atoms. The number of carbonyl (C=O) groups is 1. The van der Waals surface area contributed by atoms with Gasteiger partial charge in [-0.25, -0.2) is 8.70 Å². The molecule has 0 saturated carbocycles. The third-order valence-electron chi connectivity index (χ3n) is 4.41. The Labute approximate surface area is 181 Å². The van der Waals surface area contributed by atoms with Crippen LogP contribution in [0.3, 0.4) is 0 Å². The van der Waals surface area contributed by atoms with Gasteiger partial charge in [0.25, 0.3) is 0 Å². The van der Waals surface area contributed by atoms with Crippen molar-refractivity contribution in [3.63, 3.8) is 0 Å². The summed E-state index contributed by atoms with van der Waals surface area (Å²) in [6, 6.07) is 8.68. The number of carbonyl (C=O) groups excluding carboxylic acids is 1. The van der Waals surface area contributed by atoms with Gasteiger partial charge < -0.3 is 19.5 Å². The highest BCUT2D eigenvalue weighted by Gasteiger charge is 2.29. The van der Waals surface area contributed by atoms with Crippen LogP contribution in [-0.4, -0.2) is 60.6 Å². The topological polar surface area (TPSA) is 97.4 Å². The van der Waals surface area contributed by atoms with E-state index >= 15 is 0 Å². The molecule has 2 rings (SSSR count).